The van der Waals surface area contributed by atoms with Crippen molar-refractivity contribution in [2.75, 3.05) is 39.3 Å². The van der Waals surface area contributed by atoms with Crippen molar-refractivity contribution in [1.82, 2.24) is 20.1 Å². The van der Waals surface area contributed by atoms with Gasteiger partial charge in [-0.1, -0.05) is 24.6 Å². The van der Waals surface area contributed by atoms with Gasteiger partial charge in [-0.3, -0.25) is 9.69 Å². The molecule has 0 aliphatic carbocycles. The molecule has 180 valence electrons. The van der Waals surface area contributed by atoms with Gasteiger partial charge in [0.2, 0.25) is 11.8 Å². The first-order chi connectivity index (χ1) is 16.0. The smallest absolute Gasteiger partial charge is 0.226 e. The predicted octanol–water partition coefficient (Wildman–Crippen LogP) is 4.41. The van der Waals surface area contributed by atoms with Crippen molar-refractivity contribution in [2.24, 2.45) is 11.8 Å². The third kappa shape index (κ3) is 6.67. The lowest BCUT2D eigenvalue weighted by atomic mass is 9.95. The number of nitrogens with one attached hydrogen (secondary N) is 1. The summed E-state index contributed by atoms with van der Waals surface area (Å²) in [5.41, 5.74) is 3.22. The van der Waals surface area contributed by atoms with E-state index in [9.17, 15) is 4.79 Å². The van der Waals surface area contributed by atoms with Gasteiger partial charge in [-0.2, -0.15) is 0 Å². The van der Waals surface area contributed by atoms with Crippen LogP contribution in [-0.2, 0) is 11.3 Å². The van der Waals surface area contributed by atoms with Crippen molar-refractivity contribution in [3.8, 4) is 11.5 Å². The monoisotopic (exact) mass is 452 g/mol. The van der Waals surface area contributed by atoms with E-state index in [0.717, 1.165) is 74.9 Å². The summed E-state index contributed by atoms with van der Waals surface area (Å²) in [6, 6.07) is 8.26. The Hall–Kier alpha value is -2.18. The number of carbonyl (C=O) groups excluding carboxylic acids is 1. The quantitative estimate of drug-likeness (QED) is 0.601. The third-order valence-electron chi connectivity index (χ3n) is 7.18. The molecule has 2 aromatic rings. The minimum atomic E-state index is 0.137. The molecule has 2 fully saturated rings. The summed E-state index contributed by atoms with van der Waals surface area (Å²) >= 11 is 0. The van der Waals surface area contributed by atoms with E-state index in [2.05, 4.69) is 41.1 Å². The van der Waals surface area contributed by atoms with Gasteiger partial charge < -0.3 is 14.6 Å². The number of piperidine rings is 2. The zero-order valence-corrected chi connectivity index (χ0v) is 20.6. The summed E-state index contributed by atoms with van der Waals surface area (Å²) in [7, 11) is 0. The molecule has 4 rings (SSSR count). The lowest BCUT2D eigenvalue weighted by Gasteiger charge is -2.31. The number of nitrogens with zero attached hydrogens (tertiary/aromatic N) is 3. The van der Waals surface area contributed by atoms with Crippen LogP contribution in [0.1, 0.15) is 56.0 Å². The molecule has 1 N–H and O–H groups in total. The molecule has 6 heteroatoms. The number of hydrogen-bond donors (Lipinski definition) is 1. The number of aromatic nitrogens is 1. The SMILES string of the molecule is Cc1cccc(-c2nc(CN3CCC(C(=O)NCCCN4CCC[C@H](C)C4)CC3)c(C)o2)c1. The van der Waals surface area contributed by atoms with Crippen LogP contribution in [-0.4, -0.2) is 60.0 Å². The van der Waals surface area contributed by atoms with Gasteiger partial charge in [0.15, 0.2) is 0 Å². The van der Waals surface area contributed by atoms with Gasteiger partial charge in [-0.05, 0) is 90.2 Å². The van der Waals surface area contributed by atoms with E-state index in [1.54, 1.807) is 0 Å². The van der Waals surface area contributed by atoms with Crippen molar-refractivity contribution >= 4 is 5.91 Å². The van der Waals surface area contributed by atoms with Crippen LogP contribution in [0.25, 0.3) is 11.5 Å². The van der Waals surface area contributed by atoms with Gasteiger partial charge >= 0.3 is 0 Å². The molecule has 0 radical (unpaired) electrons. The summed E-state index contributed by atoms with van der Waals surface area (Å²) < 4.78 is 5.96. The number of oxazole rings is 1. The van der Waals surface area contributed by atoms with Gasteiger partial charge in [0.1, 0.15) is 5.76 Å². The van der Waals surface area contributed by atoms with E-state index >= 15 is 0 Å². The first-order valence-electron chi connectivity index (χ1n) is 12.7. The molecule has 1 aromatic heterocycles. The molecule has 6 nitrogen and oxygen atoms in total. The molecule has 1 amide bonds. The molecular weight excluding hydrogens is 412 g/mol. The predicted molar refractivity (Wildman–Crippen MR) is 132 cm³/mol. The largest absolute Gasteiger partial charge is 0.441 e. The van der Waals surface area contributed by atoms with Gasteiger partial charge in [-0.15, -0.1) is 0 Å². The average molecular weight is 453 g/mol. The minimum Gasteiger partial charge on any atom is -0.441 e. The molecule has 2 aliphatic rings. The van der Waals surface area contributed by atoms with Gasteiger partial charge in [0, 0.05) is 31.1 Å². The Kier molecular flexibility index (Phi) is 8.20. The average Bonchev–Trinajstić information content (AvgIpc) is 3.17. The molecule has 0 bridgehead atoms. The Morgan fingerprint density at radius 2 is 1.97 bits per heavy atom. The van der Waals surface area contributed by atoms with Crippen LogP contribution in [0, 0.1) is 25.7 Å². The highest BCUT2D eigenvalue weighted by Crippen LogP contribution is 2.25. The Bertz CT molecular complexity index is 917. The van der Waals surface area contributed by atoms with Crippen LogP contribution in [0.3, 0.4) is 0 Å². The first-order valence-corrected chi connectivity index (χ1v) is 12.7. The fraction of sp³-hybridized carbons (Fsp3) is 0.630. The summed E-state index contributed by atoms with van der Waals surface area (Å²) in [6.07, 6.45) is 5.55. The maximum Gasteiger partial charge on any atom is 0.226 e. The second-order valence-corrected chi connectivity index (χ2v) is 10.1. The molecule has 1 atom stereocenters. The molecule has 33 heavy (non-hydrogen) atoms. The molecule has 0 spiro atoms. The minimum absolute atomic E-state index is 0.137. The van der Waals surface area contributed by atoms with E-state index in [4.69, 9.17) is 9.40 Å². The van der Waals surface area contributed by atoms with Crippen molar-refractivity contribution in [3.05, 3.63) is 41.3 Å². The van der Waals surface area contributed by atoms with Crippen molar-refractivity contribution in [1.29, 1.82) is 0 Å². The molecule has 3 heterocycles. The lowest BCUT2D eigenvalue weighted by molar-refractivity contribution is -0.126. The highest BCUT2D eigenvalue weighted by molar-refractivity contribution is 5.78. The van der Waals surface area contributed by atoms with E-state index in [0.29, 0.717) is 5.89 Å². The third-order valence-corrected chi connectivity index (χ3v) is 7.18. The standard InChI is InChI=1S/C27H40N4O2/c1-20-7-4-9-24(17-20)27-29-25(22(3)33-27)19-31-15-10-23(11-16-31)26(32)28-12-6-14-30-13-5-8-21(2)18-30/h4,7,9,17,21,23H,5-6,8,10-16,18-19H2,1-3H3,(H,28,32)/t21-/m0/s1. The number of carbonyl (C=O) groups is 1. The number of likely N-dealkylation sites (tertiary alicyclic amines) is 2. The summed E-state index contributed by atoms with van der Waals surface area (Å²) in [4.78, 5) is 22.4. The summed E-state index contributed by atoms with van der Waals surface area (Å²) in [5.74, 6) is 2.76. The van der Waals surface area contributed by atoms with Crippen LogP contribution in [0.4, 0.5) is 0 Å². The second-order valence-electron chi connectivity index (χ2n) is 10.1. The molecule has 2 aliphatic heterocycles. The number of rotatable bonds is 8. The topological polar surface area (TPSA) is 61.6 Å². The summed E-state index contributed by atoms with van der Waals surface area (Å²) in [6.45, 7) is 13.4. The zero-order chi connectivity index (χ0) is 23.2. The second kappa shape index (κ2) is 11.3. The van der Waals surface area contributed by atoms with Crippen LogP contribution >= 0.6 is 0 Å². The van der Waals surface area contributed by atoms with Gasteiger partial charge in [0.25, 0.3) is 0 Å². The number of benzene rings is 1. The molecular formula is C27H40N4O2. The first kappa shape index (κ1) is 24.0. The highest BCUT2D eigenvalue weighted by atomic mass is 16.4. The van der Waals surface area contributed by atoms with E-state index in [1.165, 1.54) is 31.5 Å². The van der Waals surface area contributed by atoms with Crippen LogP contribution < -0.4 is 5.32 Å². The zero-order valence-electron chi connectivity index (χ0n) is 20.6. The normalized spacial score (nSPS) is 20.8. The summed E-state index contributed by atoms with van der Waals surface area (Å²) in [5, 5.41) is 3.19. The van der Waals surface area contributed by atoms with Crippen molar-refractivity contribution in [2.45, 2.75) is 59.4 Å². The van der Waals surface area contributed by atoms with E-state index < -0.39 is 0 Å². The molecule has 0 unspecified atom stereocenters. The Morgan fingerprint density at radius 1 is 1.15 bits per heavy atom. The van der Waals surface area contributed by atoms with Crippen LogP contribution in [0.5, 0.6) is 0 Å². The Morgan fingerprint density at radius 3 is 2.73 bits per heavy atom. The molecule has 2 saturated heterocycles. The van der Waals surface area contributed by atoms with Crippen molar-refractivity contribution in [3.63, 3.8) is 0 Å². The van der Waals surface area contributed by atoms with E-state index in [1.807, 2.05) is 19.1 Å². The lowest BCUT2D eigenvalue weighted by Crippen LogP contribution is -2.41. The fourth-order valence-electron chi connectivity index (χ4n) is 5.19. The Balaban J connectivity index is 1.18. The van der Waals surface area contributed by atoms with Gasteiger partial charge in [-0.25, -0.2) is 4.98 Å². The van der Waals surface area contributed by atoms with Gasteiger partial charge in [0.05, 0.1) is 5.69 Å². The van der Waals surface area contributed by atoms with Crippen LogP contribution in [0.15, 0.2) is 28.7 Å². The Labute approximate surface area is 198 Å². The fourth-order valence-corrected chi connectivity index (χ4v) is 5.19. The number of aryl methyl sites for hydroxylation is 2. The maximum atomic E-state index is 12.6. The number of amides is 1. The molecule has 1 aromatic carbocycles. The number of hydrogen-bond acceptors (Lipinski definition) is 5. The van der Waals surface area contributed by atoms with Crippen LogP contribution in [0.2, 0.25) is 0 Å². The highest BCUT2D eigenvalue weighted by Gasteiger charge is 2.26. The van der Waals surface area contributed by atoms with E-state index in [-0.39, 0.29) is 11.8 Å². The maximum absolute atomic E-state index is 12.6. The van der Waals surface area contributed by atoms with Crippen molar-refractivity contribution < 1.29 is 9.21 Å². The molecule has 0 saturated carbocycles.